The summed E-state index contributed by atoms with van der Waals surface area (Å²) in [5.41, 5.74) is 4.65. The molecule has 0 radical (unpaired) electrons. The molecule has 0 spiro atoms. The Morgan fingerprint density at radius 1 is 1.03 bits per heavy atom. The maximum atomic E-state index is 13.1. The summed E-state index contributed by atoms with van der Waals surface area (Å²) in [6.07, 6.45) is 0.811. The molecule has 1 atom stereocenters. The number of nitriles is 1. The summed E-state index contributed by atoms with van der Waals surface area (Å²) in [6, 6.07) is 23.9. The van der Waals surface area contributed by atoms with Crippen molar-refractivity contribution in [3.8, 4) is 6.07 Å². The van der Waals surface area contributed by atoms with E-state index in [1.54, 1.807) is 24.3 Å². The molecule has 3 aromatic carbocycles. The molecule has 5 nitrogen and oxygen atoms in total. The van der Waals surface area contributed by atoms with E-state index in [0.29, 0.717) is 23.2 Å². The molecule has 2 amide bonds. The molecular formula is C25H21N3O2. The van der Waals surface area contributed by atoms with Crippen LogP contribution in [0.5, 0.6) is 0 Å². The Bertz CT molecular complexity index is 1130. The molecule has 5 heteroatoms. The summed E-state index contributed by atoms with van der Waals surface area (Å²) in [6.45, 7) is 2.40. The normalized spacial score (nSPS) is 14.7. The van der Waals surface area contributed by atoms with Crippen LogP contribution in [0.2, 0.25) is 0 Å². The number of benzene rings is 3. The fraction of sp³-hybridized carbons (Fsp3) is 0.160. The van der Waals surface area contributed by atoms with Crippen molar-refractivity contribution >= 4 is 17.5 Å². The number of nitrogens with one attached hydrogen (secondary N) is 1. The van der Waals surface area contributed by atoms with Crippen LogP contribution in [0, 0.1) is 11.3 Å². The van der Waals surface area contributed by atoms with Gasteiger partial charge in [-0.3, -0.25) is 9.59 Å². The van der Waals surface area contributed by atoms with Gasteiger partial charge in [0, 0.05) is 29.4 Å². The van der Waals surface area contributed by atoms with Gasteiger partial charge in [-0.05, 0) is 66.9 Å². The third kappa shape index (κ3) is 3.81. The quantitative estimate of drug-likeness (QED) is 0.723. The molecule has 30 heavy (non-hydrogen) atoms. The van der Waals surface area contributed by atoms with Gasteiger partial charge in [-0.2, -0.15) is 5.26 Å². The number of hydrogen-bond donors (Lipinski definition) is 1. The maximum absolute atomic E-state index is 13.1. The first-order chi connectivity index (χ1) is 14.6. The standard InChI is InChI=1S/C25H21N3O2/c1-17-13-22-12-9-19(16-27-24(29)20-10-7-18(15-26)8-11-20)14-23(22)28(17)25(30)21-5-3-2-4-6-21/h2-12,14,17H,13,16H2,1H3,(H,27,29)/t17-/m0/s1. The summed E-state index contributed by atoms with van der Waals surface area (Å²) < 4.78 is 0. The van der Waals surface area contributed by atoms with Crippen LogP contribution < -0.4 is 10.2 Å². The lowest BCUT2D eigenvalue weighted by molar-refractivity contribution is 0.0948. The third-order valence-corrected chi connectivity index (χ3v) is 5.33. The molecule has 0 bridgehead atoms. The molecule has 1 aliphatic rings. The molecule has 0 saturated carbocycles. The van der Waals surface area contributed by atoms with Crippen molar-refractivity contribution < 1.29 is 9.59 Å². The van der Waals surface area contributed by atoms with Gasteiger partial charge in [0.1, 0.15) is 0 Å². The van der Waals surface area contributed by atoms with Gasteiger partial charge >= 0.3 is 0 Å². The monoisotopic (exact) mass is 395 g/mol. The largest absolute Gasteiger partial charge is 0.348 e. The summed E-state index contributed by atoms with van der Waals surface area (Å²) in [5, 5.41) is 11.8. The molecule has 0 saturated heterocycles. The average Bonchev–Trinajstić information content (AvgIpc) is 3.12. The molecule has 0 fully saturated rings. The third-order valence-electron chi connectivity index (χ3n) is 5.33. The lowest BCUT2D eigenvalue weighted by atomic mass is 10.1. The van der Waals surface area contributed by atoms with Crippen molar-refractivity contribution in [1.82, 2.24) is 5.32 Å². The number of amides is 2. The van der Waals surface area contributed by atoms with Crippen molar-refractivity contribution in [2.75, 3.05) is 4.90 Å². The van der Waals surface area contributed by atoms with Gasteiger partial charge in [0.05, 0.1) is 11.6 Å². The van der Waals surface area contributed by atoms with E-state index in [1.807, 2.05) is 66.4 Å². The van der Waals surface area contributed by atoms with Gasteiger partial charge in [-0.25, -0.2) is 0 Å². The fourth-order valence-electron chi connectivity index (χ4n) is 3.77. The second kappa shape index (κ2) is 8.22. The van der Waals surface area contributed by atoms with E-state index in [-0.39, 0.29) is 17.9 Å². The highest BCUT2D eigenvalue weighted by Gasteiger charge is 2.31. The number of carbonyl (C=O) groups excluding carboxylic acids is 2. The van der Waals surface area contributed by atoms with Crippen LogP contribution in [0.25, 0.3) is 0 Å². The van der Waals surface area contributed by atoms with Crippen molar-refractivity contribution in [1.29, 1.82) is 5.26 Å². The molecule has 1 N–H and O–H groups in total. The van der Waals surface area contributed by atoms with E-state index in [0.717, 1.165) is 23.2 Å². The van der Waals surface area contributed by atoms with Crippen molar-refractivity contribution in [2.45, 2.75) is 25.9 Å². The van der Waals surface area contributed by atoms with Gasteiger partial charge in [0.2, 0.25) is 0 Å². The highest BCUT2D eigenvalue weighted by atomic mass is 16.2. The van der Waals surface area contributed by atoms with E-state index in [2.05, 4.69) is 5.32 Å². The number of carbonyl (C=O) groups is 2. The molecule has 3 aromatic rings. The van der Waals surface area contributed by atoms with Gasteiger partial charge in [0.25, 0.3) is 11.8 Å². The van der Waals surface area contributed by atoms with Crippen molar-refractivity contribution in [3.05, 3.63) is 101 Å². The first-order valence-corrected chi connectivity index (χ1v) is 9.85. The number of fused-ring (bicyclic) bond motifs is 1. The van der Waals surface area contributed by atoms with Crippen LogP contribution in [0.15, 0.2) is 72.8 Å². The summed E-state index contributed by atoms with van der Waals surface area (Å²) in [7, 11) is 0. The van der Waals surface area contributed by atoms with E-state index in [4.69, 9.17) is 5.26 Å². The minimum absolute atomic E-state index is 0.0133. The van der Waals surface area contributed by atoms with E-state index >= 15 is 0 Å². The Hall–Kier alpha value is -3.91. The lowest BCUT2D eigenvalue weighted by Gasteiger charge is -2.23. The number of rotatable bonds is 4. The first-order valence-electron chi connectivity index (χ1n) is 9.85. The minimum Gasteiger partial charge on any atom is -0.348 e. The van der Waals surface area contributed by atoms with Gasteiger partial charge < -0.3 is 10.2 Å². The SMILES string of the molecule is C[C@H]1Cc2ccc(CNC(=O)c3ccc(C#N)cc3)cc2N1C(=O)c1ccccc1. The van der Waals surface area contributed by atoms with Gasteiger partial charge in [-0.15, -0.1) is 0 Å². The van der Waals surface area contributed by atoms with Crippen LogP contribution in [-0.2, 0) is 13.0 Å². The fourth-order valence-corrected chi connectivity index (χ4v) is 3.77. The average molecular weight is 395 g/mol. The highest BCUT2D eigenvalue weighted by Crippen LogP contribution is 2.34. The Balaban J connectivity index is 1.50. The predicted octanol–water partition coefficient (Wildman–Crippen LogP) is 4.08. The first kappa shape index (κ1) is 19.4. The number of anilines is 1. The molecule has 0 aromatic heterocycles. The zero-order valence-corrected chi connectivity index (χ0v) is 16.6. The topological polar surface area (TPSA) is 73.2 Å². The zero-order chi connectivity index (χ0) is 21.1. The van der Waals surface area contributed by atoms with E-state index in [9.17, 15) is 9.59 Å². The summed E-state index contributed by atoms with van der Waals surface area (Å²) in [4.78, 5) is 27.3. The predicted molar refractivity (Wildman–Crippen MR) is 115 cm³/mol. The van der Waals surface area contributed by atoms with Crippen LogP contribution >= 0.6 is 0 Å². The van der Waals surface area contributed by atoms with Crippen molar-refractivity contribution in [2.24, 2.45) is 0 Å². The number of hydrogen-bond acceptors (Lipinski definition) is 3. The van der Waals surface area contributed by atoms with E-state index < -0.39 is 0 Å². The molecule has 148 valence electrons. The smallest absolute Gasteiger partial charge is 0.258 e. The summed E-state index contributed by atoms with van der Waals surface area (Å²) >= 11 is 0. The van der Waals surface area contributed by atoms with Crippen molar-refractivity contribution in [3.63, 3.8) is 0 Å². The van der Waals surface area contributed by atoms with Crippen LogP contribution in [-0.4, -0.2) is 17.9 Å². The minimum atomic E-state index is -0.203. The van der Waals surface area contributed by atoms with Gasteiger partial charge in [0.15, 0.2) is 0 Å². The van der Waals surface area contributed by atoms with Crippen LogP contribution in [0.4, 0.5) is 5.69 Å². The Morgan fingerprint density at radius 3 is 2.47 bits per heavy atom. The Kier molecular flexibility index (Phi) is 5.32. The second-order valence-corrected chi connectivity index (χ2v) is 7.43. The number of nitrogens with zero attached hydrogens (tertiary/aromatic N) is 2. The molecule has 4 rings (SSSR count). The van der Waals surface area contributed by atoms with Crippen LogP contribution in [0.1, 0.15) is 44.3 Å². The molecule has 0 aliphatic carbocycles. The molecule has 1 aliphatic heterocycles. The Labute approximate surface area is 175 Å². The molecule has 1 heterocycles. The lowest BCUT2D eigenvalue weighted by Crippen LogP contribution is -2.35. The Morgan fingerprint density at radius 2 is 1.77 bits per heavy atom. The maximum Gasteiger partial charge on any atom is 0.258 e. The molecular weight excluding hydrogens is 374 g/mol. The van der Waals surface area contributed by atoms with Crippen LogP contribution in [0.3, 0.4) is 0 Å². The summed E-state index contributed by atoms with van der Waals surface area (Å²) in [5.74, 6) is -0.216. The highest BCUT2D eigenvalue weighted by molar-refractivity contribution is 6.07. The second-order valence-electron chi connectivity index (χ2n) is 7.43. The van der Waals surface area contributed by atoms with Gasteiger partial charge in [-0.1, -0.05) is 30.3 Å². The zero-order valence-electron chi connectivity index (χ0n) is 16.6. The molecule has 0 unspecified atom stereocenters. The van der Waals surface area contributed by atoms with E-state index in [1.165, 1.54) is 0 Å².